The largest absolute Gasteiger partial charge is 0.394 e. The fourth-order valence-electron chi connectivity index (χ4n) is 2.79. The summed E-state index contributed by atoms with van der Waals surface area (Å²) in [5.41, 5.74) is 2.77. The molecule has 5 atom stereocenters. The van der Waals surface area contributed by atoms with Crippen molar-refractivity contribution in [3.63, 3.8) is 0 Å². The van der Waals surface area contributed by atoms with E-state index in [0.29, 0.717) is 0 Å². The molecule has 0 saturated carbocycles. The Morgan fingerprint density at radius 3 is 2.64 bits per heavy atom. The fraction of sp³-hybridized carbons (Fsp3) is 0.667. The van der Waals surface area contributed by atoms with Crippen molar-refractivity contribution in [2.75, 3.05) is 11.9 Å². The molecular weight excluding hydrogens is 332 g/mol. The number of nitrogens with zero attached hydrogens (tertiary/aromatic N) is 2. The number of aliphatic hydroxyl groups excluding tert-OH is 2. The van der Waals surface area contributed by atoms with Crippen molar-refractivity contribution in [3.8, 4) is 0 Å². The van der Waals surface area contributed by atoms with Gasteiger partial charge in [-0.1, -0.05) is 13.8 Å². The number of carbonyl (C=O) groups is 1. The van der Waals surface area contributed by atoms with Crippen LogP contribution >= 0.6 is 0 Å². The Bertz CT molecular complexity index is 689. The first-order chi connectivity index (χ1) is 11.6. The van der Waals surface area contributed by atoms with Gasteiger partial charge in [-0.25, -0.2) is 4.79 Å². The number of hydrogen-bond donors (Lipinski definition) is 5. The molecule has 1 amide bonds. The van der Waals surface area contributed by atoms with E-state index in [4.69, 9.17) is 10.5 Å². The van der Waals surface area contributed by atoms with Crippen LogP contribution in [0.3, 0.4) is 0 Å². The van der Waals surface area contributed by atoms with E-state index in [2.05, 4.69) is 10.3 Å². The molecule has 25 heavy (non-hydrogen) atoms. The Hall–Kier alpha value is -2.01. The van der Waals surface area contributed by atoms with Gasteiger partial charge in [0.15, 0.2) is 6.23 Å². The minimum atomic E-state index is -1.79. The van der Waals surface area contributed by atoms with E-state index in [1.807, 2.05) is 0 Å². The molecule has 0 bridgehead atoms. The maximum Gasteiger partial charge on any atom is 0.351 e. The van der Waals surface area contributed by atoms with E-state index >= 15 is 0 Å². The monoisotopic (exact) mass is 356 g/mol. The zero-order chi connectivity index (χ0) is 18.9. The van der Waals surface area contributed by atoms with Crippen molar-refractivity contribution in [1.29, 1.82) is 0 Å². The molecular formula is C15H24N4O6. The van der Waals surface area contributed by atoms with E-state index in [1.54, 1.807) is 13.8 Å². The number of carbonyl (C=O) groups excluding carboxylic acids is 1. The van der Waals surface area contributed by atoms with Crippen molar-refractivity contribution in [2.24, 2.45) is 11.7 Å². The van der Waals surface area contributed by atoms with Gasteiger partial charge >= 0.3 is 5.69 Å². The van der Waals surface area contributed by atoms with Crippen molar-refractivity contribution < 1.29 is 24.9 Å². The average Bonchev–Trinajstić information content (AvgIpc) is 2.75. The zero-order valence-corrected chi connectivity index (χ0v) is 14.3. The van der Waals surface area contributed by atoms with Crippen molar-refractivity contribution in [3.05, 3.63) is 22.7 Å². The second-order valence-corrected chi connectivity index (χ2v) is 6.65. The lowest BCUT2D eigenvalue weighted by Crippen LogP contribution is -2.46. The predicted molar refractivity (Wildman–Crippen MR) is 87.6 cm³/mol. The van der Waals surface area contributed by atoms with E-state index in [0.717, 1.165) is 4.57 Å². The molecule has 2 heterocycles. The Morgan fingerprint density at radius 1 is 1.56 bits per heavy atom. The molecule has 6 N–H and O–H groups in total. The van der Waals surface area contributed by atoms with Crippen LogP contribution in [0.1, 0.15) is 27.0 Å². The number of anilines is 1. The van der Waals surface area contributed by atoms with E-state index in [-0.39, 0.29) is 11.7 Å². The summed E-state index contributed by atoms with van der Waals surface area (Å²) in [6.07, 6.45) is -2.29. The summed E-state index contributed by atoms with van der Waals surface area (Å²) in [5, 5.41) is 32.4. The number of hydrogen-bond acceptors (Lipinski definition) is 8. The minimum absolute atomic E-state index is 0.110. The molecule has 10 nitrogen and oxygen atoms in total. The topological polar surface area (TPSA) is 160 Å². The van der Waals surface area contributed by atoms with Crippen LogP contribution in [0, 0.1) is 5.92 Å². The van der Waals surface area contributed by atoms with E-state index in [1.165, 1.54) is 19.2 Å². The van der Waals surface area contributed by atoms with Crippen LogP contribution in [0.5, 0.6) is 0 Å². The lowest BCUT2D eigenvalue weighted by molar-refractivity contribution is -0.119. The quantitative estimate of drug-likeness (QED) is 0.398. The SMILES string of the molecule is CC(C)C(Nc1ccn([C@@H]2O[C@H](CO)[C@@H](O)[C@@]2(C)O)c(=O)n1)C(N)=O. The van der Waals surface area contributed by atoms with Crippen molar-refractivity contribution in [1.82, 2.24) is 9.55 Å². The smallest absolute Gasteiger partial charge is 0.351 e. The average molecular weight is 356 g/mol. The number of primary amides is 1. The van der Waals surface area contributed by atoms with Gasteiger partial charge in [0.05, 0.1) is 6.61 Å². The molecule has 1 aliphatic heterocycles. The van der Waals surface area contributed by atoms with Gasteiger partial charge in [-0.15, -0.1) is 0 Å². The molecule has 1 aromatic heterocycles. The highest BCUT2D eigenvalue weighted by atomic mass is 16.6. The summed E-state index contributed by atoms with van der Waals surface area (Å²) < 4.78 is 6.39. The Balaban J connectivity index is 2.28. The summed E-state index contributed by atoms with van der Waals surface area (Å²) in [5.74, 6) is -0.534. The number of nitrogens with two attached hydrogens (primary N) is 1. The second-order valence-electron chi connectivity index (χ2n) is 6.65. The normalized spacial score (nSPS) is 30.4. The standard InChI is InChI=1S/C15H24N4O6/c1-7(2)10(12(16)22)17-9-4-5-19(14(23)18-9)13-15(3,24)11(21)8(6-20)25-13/h4-5,7-8,10-11,13,20-21,24H,6H2,1-3H3,(H2,16,22)(H,17,18,23)/t8-,10?,11-,13-,15-/m1/s1. The van der Waals surface area contributed by atoms with Gasteiger partial charge in [0.1, 0.15) is 29.7 Å². The van der Waals surface area contributed by atoms with Gasteiger partial charge in [0.25, 0.3) is 0 Å². The highest BCUT2D eigenvalue weighted by molar-refractivity contribution is 5.82. The molecule has 1 aromatic rings. The summed E-state index contributed by atoms with van der Waals surface area (Å²) in [6.45, 7) is 4.38. The van der Waals surface area contributed by atoms with Crippen LogP contribution in [0.2, 0.25) is 0 Å². The van der Waals surface area contributed by atoms with E-state index in [9.17, 15) is 24.9 Å². The van der Waals surface area contributed by atoms with E-state index < -0.39 is 48.3 Å². The fourth-order valence-corrected chi connectivity index (χ4v) is 2.79. The lowest BCUT2D eigenvalue weighted by Gasteiger charge is -2.27. The van der Waals surface area contributed by atoms with Gasteiger partial charge in [-0.05, 0) is 18.9 Å². The van der Waals surface area contributed by atoms with Crippen LogP contribution in [-0.2, 0) is 9.53 Å². The number of aliphatic hydroxyl groups is 3. The summed E-state index contributed by atoms with van der Waals surface area (Å²) in [7, 11) is 0. The van der Waals surface area contributed by atoms with Crippen LogP contribution in [0.4, 0.5) is 5.82 Å². The Morgan fingerprint density at radius 2 is 2.20 bits per heavy atom. The predicted octanol–water partition coefficient (Wildman–Crippen LogP) is -1.83. The number of nitrogens with one attached hydrogen (secondary N) is 1. The first-order valence-electron chi connectivity index (χ1n) is 7.91. The third kappa shape index (κ3) is 3.66. The summed E-state index contributed by atoms with van der Waals surface area (Å²) >= 11 is 0. The molecule has 0 aliphatic carbocycles. The first-order valence-corrected chi connectivity index (χ1v) is 7.91. The Kier molecular flexibility index (Phi) is 5.47. The molecule has 1 aliphatic rings. The third-order valence-corrected chi connectivity index (χ3v) is 4.29. The maximum atomic E-state index is 12.3. The first kappa shape index (κ1) is 19.3. The van der Waals surface area contributed by atoms with Gasteiger partial charge in [0.2, 0.25) is 5.91 Å². The second kappa shape index (κ2) is 7.08. The highest BCUT2D eigenvalue weighted by Crippen LogP contribution is 2.37. The van der Waals surface area contributed by atoms with Crippen LogP contribution in [0.15, 0.2) is 17.1 Å². The zero-order valence-electron chi connectivity index (χ0n) is 14.3. The van der Waals surface area contributed by atoms with Crippen molar-refractivity contribution in [2.45, 2.75) is 50.8 Å². The Labute approximate surface area is 144 Å². The molecule has 2 rings (SSSR count). The molecule has 0 spiro atoms. The minimum Gasteiger partial charge on any atom is -0.394 e. The van der Waals surface area contributed by atoms with Crippen molar-refractivity contribution >= 4 is 11.7 Å². The van der Waals surface area contributed by atoms with Gasteiger partial charge < -0.3 is 31.1 Å². The lowest BCUT2D eigenvalue weighted by atomic mass is 9.96. The molecule has 10 heteroatoms. The third-order valence-electron chi connectivity index (χ3n) is 4.29. The van der Waals surface area contributed by atoms with Crippen LogP contribution in [0.25, 0.3) is 0 Å². The number of ether oxygens (including phenoxy) is 1. The maximum absolute atomic E-state index is 12.3. The molecule has 0 aromatic carbocycles. The summed E-state index contributed by atoms with van der Waals surface area (Å²) in [6, 6.07) is 0.729. The van der Waals surface area contributed by atoms with Crippen LogP contribution < -0.4 is 16.7 Å². The number of aromatic nitrogens is 2. The van der Waals surface area contributed by atoms with Gasteiger partial charge in [-0.3, -0.25) is 9.36 Å². The molecule has 0 radical (unpaired) electrons. The highest BCUT2D eigenvalue weighted by Gasteiger charge is 2.53. The molecule has 1 saturated heterocycles. The molecule has 1 unspecified atom stereocenters. The van der Waals surface area contributed by atoms with Gasteiger partial charge in [-0.2, -0.15) is 4.98 Å². The summed E-state index contributed by atoms with van der Waals surface area (Å²) in [4.78, 5) is 27.6. The molecule has 140 valence electrons. The number of amides is 1. The molecule has 1 fully saturated rings. The number of rotatable bonds is 6. The van der Waals surface area contributed by atoms with Crippen LogP contribution in [-0.4, -0.2) is 61.2 Å². The van der Waals surface area contributed by atoms with Gasteiger partial charge in [0, 0.05) is 6.20 Å².